The molecule has 2 amide bonds. The summed E-state index contributed by atoms with van der Waals surface area (Å²) >= 11 is 0. The van der Waals surface area contributed by atoms with Gasteiger partial charge in [-0.15, -0.1) is 0 Å². The van der Waals surface area contributed by atoms with Gasteiger partial charge < -0.3 is 15.7 Å². The van der Waals surface area contributed by atoms with E-state index in [0.29, 0.717) is 25.1 Å². The third-order valence-electron chi connectivity index (χ3n) is 3.84. The summed E-state index contributed by atoms with van der Waals surface area (Å²) in [7, 11) is 0. The standard InChI is InChI=1S/C19H21FN2O3/c20-16-6-8-17(9-7-16)22-19(25)18(24)21-12-10-15(11-13-23)14-4-2-1-3-5-14/h1-9,15,23H,10-13H2,(H,21,24)(H,22,25). The Balaban J connectivity index is 1.81. The molecule has 0 bridgehead atoms. The maximum atomic E-state index is 12.8. The largest absolute Gasteiger partial charge is 0.396 e. The third kappa shape index (κ3) is 6.00. The van der Waals surface area contributed by atoms with E-state index in [1.165, 1.54) is 24.3 Å². The van der Waals surface area contributed by atoms with Crippen molar-refractivity contribution < 1.29 is 19.1 Å². The van der Waals surface area contributed by atoms with Gasteiger partial charge in [0.25, 0.3) is 0 Å². The number of carbonyl (C=O) groups is 2. The van der Waals surface area contributed by atoms with Gasteiger partial charge in [-0.2, -0.15) is 0 Å². The van der Waals surface area contributed by atoms with Crippen LogP contribution in [0.4, 0.5) is 10.1 Å². The van der Waals surface area contributed by atoms with Crippen LogP contribution in [0.2, 0.25) is 0 Å². The first kappa shape index (κ1) is 18.6. The zero-order valence-electron chi connectivity index (χ0n) is 13.7. The highest BCUT2D eigenvalue weighted by atomic mass is 19.1. The number of amides is 2. The zero-order valence-corrected chi connectivity index (χ0v) is 13.7. The molecule has 132 valence electrons. The van der Waals surface area contributed by atoms with E-state index in [-0.39, 0.29) is 12.5 Å². The van der Waals surface area contributed by atoms with E-state index in [1.807, 2.05) is 30.3 Å². The Morgan fingerprint density at radius 2 is 1.64 bits per heavy atom. The van der Waals surface area contributed by atoms with Gasteiger partial charge in [-0.25, -0.2) is 4.39 Å². The van der Waals surface area contributed by atoms with E-state index in [9.17, 15) is 19.1 Å². The van der Waals surface area contributed by atoms with Crippen molar-refractivity contribution in [3.63, 3.8) is 0 Å². The number of carbonyl (C=O) groups excluding carboxylic acids is 2. The average Bonchev–Trinajstić information content (AvgIpc) is 2.63. The summed E-state index contributed by atoms with van der Waals surface area (Å²) in [5.41, 5.74) is 1.44. The molecule has 1 atom stereocenters. The predicted molar refractivity (Wildman–Crippen MR) is 93.5 cm³/mol. The number of hydrogen-bond acceptors (Lipinski definition) is 3. The second-order valence-electron chi connectivity index (χ2n) is 5.63. The molecule has 5 nitrogen and oxygen atoms in total. The van der Waals surface area contributed by atoms with Crippen molar-refractivity contribution in [3.05, 3.63) is 66.0 Å². The van der Waals surface area contributed by atoms with Crippen LogP contribution in [-0.2, 0) is 9.59 Å². The molecule has 25 heavy (non-hydrogen) atoms. The first-order chi connectivity index (χ1) is 12.1. The molecular weight excluding hydrogens is 323 g/mol. The van der Waals surface area contributed by atoms with Crippen molar-refractivity contribution in [2.75, 3.05) is 18.5 Å². The Bertz CT molecular complexity index is 690. The van der Waals surface area contributed by atoms with Crippen LogP contribution in [0.3, 0.4) is 0 Å². The lowest BCUT2D eigenvalue weighted by atomic mass is 9.93. The first-order valence-corrected chi connectivity index (χ1v) is 8.10. The molecule has 1 unspecified atom stereocenters. The molecule has 0 aliphatic rings. The number of benzene rings is 2. The van der Waals surface area contributed by atoms with Gasteiger partial charge in [0.2, 0.25) is 0 Å². The normalized spacial score (nSPS) is 11.6. The number of aliphatic hydroxyl groups is 1. The molecule has 0 heterocycles. The maximum Gasteiger partial charge on any atom is 0.313 e. The summed E-state index contributed by atoms with van der Waals surface area (Å²) in [4.78, 5) is 23.7. The van der Waals surface area contributed by atoms with Gasteiger partial charge in [-0.05, 0) is 48.6 Å². The topological polar surface area (TPSA) is 78.4 Å². The van der Waals surface area contributed by atoms with Crippen molar-refractivity contribution in [2.24, 2.45) is 0 Å². The van der Waals surface area contributed by atoms with Crippen LogP contribution in [0.25, 0.3) is 0 Å². The molecule has 2 rings (SSSR count). The highest BCUT2D eigenvalue weighted by Gasteiger charge is 2.15. The van der Waals surface area contributed by atoms with Crippen molar-refractivity contribution in [1.29, 1.82) is 0 Å². The van der Waals surface area contributed by atoms with Gasteiger partial charge in [-0.1, -0.05) is 30.3 Å². The molecule has 0 fully saturated rings. The quantitative estimate of drug-likeness (QED) is 0.675. The molecule has 2 aromatic carbocycles. The van der Waals surface area contributed by atoms with E-state index in [0.717, 1.165) is 5.56 Å². The minimum absolute atomic E-state index is 0.0541. The molecule has 6 heteroatoms. The van der Waals surface area contributed by atoms with Crippen LogP contribution in [0, 0.1) is 5.82 Å². The van der Waals surface area contributed by atoms with Crippen molar-refractivity contribution in [1.82, 2.24) is 5.32 Å². The Labute approximate surface area is 145 Å². The van der Waals surface area contributed by atoms with E-state index in [4.69, 9.17) is 0 Å². The lowest BCUT2D eigenvalue weighted by Gasteiger charge is -2.16. The van der Waals surface area contributed by atoms with Gasteiger partial charge in [0, 0.05) is 18.8 Å². The van der Waals surface area contributed by atoms with Gasteiger partial charge in [-0.3, -0.25) is 9.59 Å². The van der Waals surface area contributed by atoms with Crippen LogP contribution >= 0.6 is 0 Å². The summed E-state index contributed by atoms with van der Waals surface area (Å²) in [6.07, 6.45) is 1.20. The fourth-order valence-electron chi connectivity index (χ4n) is 2.52. The fourth-order valence-corrected chi connectivity index (χ4v) is 2.52. The smallest absolute Gasteiger partial charge is 0.313 e. The number of aliphatic hydroxyl groups excluding tert-OH is 1. The fraction of sp³-hybridized carbons (Fsp3) is 0.263. The summed E-state index contributed by atoms with van der Waals surface area (Å²) in [6.45, 7) is 0.369. The third-order valence-corrected chi connectivity index (χ3v) is 3.84. The molecule has 0 spiro atoms. The van der Waals surface area contributed by atoms with Gasteiger partial charge in [0.05, 0.1) is 0 Å². The zero-order chi connectivity index (χ0) is 18.1. The number of rotatable bonds is 7. The Morgan fingerprint density at radius 3 is 2.28 bits per heavy atom. The van der Waals surface area contributed by atoms with E-state index < -0.39 is 17.6 Å². The van der Waals surface area contributed by atoms with E-state index >= 15 is 0 Å². The van der Waals surface area contributed by atoms with Crippen molar-refractivity contribution >= 4 is 17.5 Å². The highest BCUT2D eigenvalue weighted by Crippen LogP contribution is 2.22. The SMILES string of the molecule is O=C(NCCC(CCO)c1ccccc1)C(=O)Nc1ccc(F)cc1. The van der Waals surface area contributed by atoms with Crippen LogP contribution in [0.5, 0.6) is 0 Å². The molecule has 0 saturated carbocycles. The lowest BCUT2D eigenvalue weighted by Crippen LogP contribution is -2.36. The van der Waals surface area contributed by atoms with E-state index in [2.05, 4.69) is 10.6 Å². The number of halogens is 1. The van der Waals surface area contributed by atoms with Crippen LogP contribution in [0.1, 0.15) is 24.3 Å². The highest BCUT2D eigenvalue weighted by molar-refractivity contribution is 6.39. The Hall–Kier alpha value is -2.73. The van der Waals surface area contributed by atoms with Crippen molar-refractivity contribution in [2.45, 2.75) is 18.8 Å². The van der Waals surface area contributed by atoms with E-state index in [1.54, 1.807) is 0 Å². The van der Waals surface area contributed by atoms with Crippen molar-refractivity contribution in [3.8, 4) is 0 Å². The molecule has 0 aliphatic heterocycles. The first-order valence-electron chi connectivity index (χ1n) is 8.10. The van der Waals surface area contributed by atoms with Gasteiger partial charge >= 0.3 is 11.8 Å². The molecule has 3 N–H and O–H groups in total. The summed E-state index contributed by atoms with van der Waals surface area (Å²) in [5, 5.41) is 14.2. The van der Waals surface area contributed by atoms with Crippen LogP contribution < -0.4 is 10.6 Å². The lowest BCUT2D eigenvalue weighted by molar-refractivity contribution is -0.136. The number of nitrogens with one attached hydrogen (secondary N) is 2. The average molecular weight is 344 g/mol. The summed E-state index contributed by atoms with van der Waals surface area (Å²) < 4.78 is 12.8. The molecule has 2 aromatic rings. The Morgan fingerprint density at radius 1 is 0.960 bits per heavy atom. The minimum atomic E-state index is -0.801. The molecule has 0 saturated heterocycles. The maximum absolute atomic E-state index is 12.8. The Kier molecular flexibility index (Phi) is 7.10. The van der Waals surface area contributed by atoms with Gasteiger partial charge in [0.15, 0.2) is 0 Å². The predicted octanol–water partition coefficient (Wildman–Crippen LogP) is 2.44. The summed E-state index contributed by atoms with van der Waals surface area (Å²) in [5.74, 6) is -1.87. The molecule has 0 radical (unpaired) electrons. The van der Waals surface area contributed by atoms with Crippen LogP contribution in [-0.4, -0.2) is 30.1 Å². The summed E-state index contributed by atoms with van der Waals surface area (Å²) in [6, 6.07) is 14.9. The second-order valence-corrected chi connectivity index (χ2v) is 5.63. The van der Waals surface area contributed by atoms with Gasteiger partial charge in [0.1, 0.15) is 5.82 Å². The minimum Gasteiger partial charge on any atom is -0.396 e. The monoisotopic (exact) mass is 344 g/mol. The molecule has 0 aromatic heterocycles. The number of hydrogen-bond donors (Lipinski definition) is 3. The molecule has 0 aliphatic carbocycles. The van der Waals surface area contributed by atoms with Crippen LogP contribution in [0.15, 0.2) is 54.6 Å². The molecular formula is C19H21FN2O3. The number of anilines is 1. The second kappa shape index (κ2) is 9.54.